The lowest BCUT2D eigenvalue weighted by Crippen LogP contribution is -2.37. The van der Waals surface area contributed by atoms with Crippen molar-refractivity contribution in [1.82, 2.24) is 14.7 Å². The minimum absolute atomic E-state index is 0.153. The quantitative estimate of drug-likeness (QED) is 0.770. The van der Waals surface area contributed by atoms with Gasteiger partial charge in [-0.3, -0.25) is 9.48 Å². The van der Waals surface area contributed by atoms with E-state index in [9.17, 15) is 4.79 Å². The van der Waals surface area contributed by atoms with Crippen LogP contribution in [-0.4, -0.2) is 33.7 Å². The number of benzene rings is 1. The molecule has 1 aliphatic heterocycles. The number of hydrogen-bond donors (Lipinski definition) is 1. The second-order valence-corrected chi connectivity index (χ2v) is 8.08. The first-order valence-corrected chi connectivity index (χ1v) is 9.90. The number of carbonyl (C=O) groups is 1. The summed E-state index contributed by atoms with van der Waals surface area (Å²) in [6.45, 7) is 4.18. The molecule has 0 aliphatic carbocycles. The van der Waals surface area contributed by atoms with Crippen LogP contribution >= 0.6 is 11.3 Å². The molecule has 6 heteroatoms. The maximum Gasteiger partial charge on any atom is 0.264 e. The van der Waals surface area contributed by atoms with E-state index < -0.39 is 0 Å². The summed E-state index contributed by atoms with van der Waals surface area (Å²) in [7, 11) is 1.93. The predicted molar refractivity (Wildman–Crippen MR) is 106 cm³/mol. The summed E-state index contributed by atoms with van der Waals surface area (Å²) in [4.78, 5) is 16.8. The number of piperidine rings is 1. The number of thiophene rings is 1. The number of amides is 1. The van der Waals surface area contributed by atoms with Crippen molar-refractivity contribution < 1.29 is 4.79 Å². The summed E-state index contributed by atoms with van der Waals surface area (Å²) >= 11 is 1.54. The van der Waals surface area contributed by atoms with E-state index >= 15 is 0 Å². The van der Waals surface area contributed by atoms with Gasteiger partial charge in [0.1, 0.15) is 4.83 Å². The third kappa shape index (κ3) is 3.04. The van der Waals surface area contributed by atoms with Crippen molar-refractivity contribution in [1.29, 1.82) is 0 Å². The topological polar surface area (TPSA) is 64.2 Å². The fourth-order valence-electron chi connectivity index (χ4n) is 3.86. The predicted octanol–water partition coefficient (Wildman–Crippen LogP) is 3.42. The van der Waals surface area contributed by atoms with Gasteiger partial charge < -0.3 is 10.6 Å². The van der Waals surface area contributed by atoms with E-state index in [1.807, 2.05) is 29.6 Å². The van der Waals surface area contributed by atoms with Gasteiger partial charge in [0.05, 0.1) is 10.6 Å². The largest absolute Gasteiger partial charge is 0.338 e. The Morgan fingerprint density at radius 1 is 1.31 bits per heavy atom. The normalized spacial score (nSPS) is 15.7. The Bertz CT molecular complexity index is 916. The van der Waals surface area contributed by atoms with Gasteiger partial charge in [0.15, 0.2) is 0 Å². The van der Waals surface area contributed by atoms with Crippen LogP contribution in [0.1, 0.15) is 45.3 Å². The number of nitrogens with zero attached hydrogens (tertiary/aromatic N) is 3. The van der Waals surface area contributed by atoms with Gasteiger partial charge in [-0.25, -0.2) is 0 Å². The Labute approximate surface area is 157 Å². The first-order chi connectivity index (χ1) is 12.6. The Morgan fingerprint density at radius 3 is 2.77 bits per heavy atom. The molecule has 1 aromatic carbocycles. The van der Waals surface area contributed by atoms with E-state index in [0.717, 1.165) is 46.7 Å². The SMILES string of the molecule is Cc1nn(C)c2sc(C(=O)N3CCC(c4cccc(CN)c4)CC3)cc12. The van der Waals surface area contributed by atoms with E-state index in [-0.39, 0.29) is 5.91 Å². The molecule has 1 fully saturated rings. The zero-order valence-corrected chi connectivity index (χ0v) is 16.1. The van der Waals surface area contributed by atoms with E-state index in [2.05, 4.69) is 29.4 Å². The van der Waals surface area contributed by atoms with Crippen LogP contribution < -0.4 is 5.73 Å². The fraction of sp³-hybridized carbons (Fsp3) is 0.400. The maximum absolute atomic E-state index is 12.9. The monoisotopic (exact) mass is 368 g/mol. The summed E-state index contributed by atoms with van der Waals surface area (Å²) in [6.07, 6.45) is 2.01. The standard InChI is InChI=1S/C20H24N4OS/c1-13-17-11-18(26-20(17)23(2)22-13)19(25)24-8-6-15(7-9-24)16-5-3-4-14(10-16)12-21/h3-5,10-11,15H,6-9,12,21H2,1-2H3. The summed E-state index contributed by atoms with van der Waals surface area (Å²) in [6, 6.07) is 10.6. The van der Waals surface area contributed by atoms with E-state index in [1.165, 1.54) is 11.1 Å². The molecule has 136 valence electrons. The minimum Gasteiger partial charge on any atom is -0.338 e. The van der Waals surface area contributed by atoms with E-state index in [4.69, 9.17) is 5.73 Å². The van der Waals surface area contributed by atoms with Crippen molar-refractivity contribution in [3.63, 3.8) is 0 Å². The number of carbonyl (C=O) groups excluding carboxylic acids is 1. The summed E-state index contributed by atoms with van der Waals surface area (Å²) in [5.74, 6) is 0.666. The number of aryl methyl sites for hydroxylation is 2. The van der Waals surface area contributed by atoms with Crippen molar-refractivity contribution in [2.45, 2.75) is 32.2 Å². The number of fused-ring (bicyclic) bond motifs is 1. The van der Waals surface area contributed by atoms with Gasteiger partial charge in [0.25, 0.3) is 5.91 Å². The molecule has 1 saturated heterocycles. The lowest BCUT2D eigenvalue weighted by atomic mass is 9.88. The molecule has 2 N–H and O–H groups in total. The van der Waals surface area contributed by atoms with Gasteiger partial charge in [-0.1, -0.05) is 24.3 Å². The highest BCUT2D eigenvalue weighted by molar-refractivity contribution is 7.20. The summed E-state index contributed by atoms with van der Waals surface area (Å²) in [5.41, 5.74) is 9.27. The second kappa shape index (κ2) is 6.85. The first kappa shape index (κ1) is 17.2. The smallest absolute Gasteiger partial charge is 0.264 e. The number of hydrogen-bond acceptors (Lipinski definition) is 4. The van der Waals surface area contributed by atoms with Crippen LogP contribution in [0.4, 0.5) is 0 Å². The molecule has 4 rings (SSSR count). The molecule has 0 unspecified atom stereocenters. The van der Waals surface area contributed by atoms with Crippen LogP contribution in [0.5, 0.6) is 0 Å². The van der Waals surface area contributed by atoms with Gasteiger partial charge in [0.2, 0.25) is 0 Å². The summed E-state index contributed by atoms with van der Waals surface area (Å²) in [5, 5.41) is 5.51. The van der Waals surface area contributed by atoms with Crippen molar-refractivity contribution in [2.75, 3.05) is 13.1 Å². The van der Waals surface area contributed by atoms with Gasteiger partial charge in [0, 0.05) is 32.1 Å². The number of aromatic nitrogens is 2. The van der Waals surface area contributed by atoms with Crippen LogP contribution in [-0.2, 0) is 13.6 Å². The van der Waals surface area contributed by atoms with Gasteiger partial charge in [-0.05, 0) is 42.9 Å². The molecule has 0 saturated carbocycles. The average molecular weight is 369 g/mol. The molecule has 3 heterocycles. The molecule has 2 aromatic heterocycles. The molecular formula is C20H24N4OS. The highest BCUT2D eigenvalue weighted by Crippen LogP contribution is 2.32. The Hall–Kier alpha value is -2.18. The highest BCUT2D eigenvalue weighted by Gasteiger charge is 2.26. The summed E-state index contributed by atoms with van der Waals surface area (Å²) < 4.78 is 1.86. The fourth-order valence-corrected chi connectivity index (χ4v) is 4.95. The molecule has 0 spiro atoms. The highest BCUT2D eigenvalue weighted by atomic mass is 32.1. The Morgan fingerprint density at radius 2 is 2.08 bits per heavy atom. The average Bonchev–Trinajstić information content (AvgIpc) is 3.23. The molecule has 26 heavy (non-hydrogen) atoms. The minimum atomic E-state index is 0.153. The van der Waals surface area contributed by atoms with E-state index in [0.29, 0.717) is 12.5 Å². The maximum atomic E-state index is 12.9. The van der Waals surface area contributed by atoms with E-state index in [1.54, 1.807) is 11.3 Å². The third-order valence-electron chi connectivity index (χ3n) is 5.35. The van der Waals surface area contributed by atoms with Crippen LogP contribution in [0, 0.1) is 6.92 Å². The Balaban J connectivity index is 1.46. The van der Waals surface area contributed by atoms with Crippen LogP contribution in [0.15, 0.2) is 30.3 Å². The number of rotatable bonds is 3. The molecule has 5 nitrogen and oxygen atoms in total. The molecule has 3 aromatic rings. The lowest BCUT2D eigenvalue weighted by Gasteiger charge is -2.32. The van der Waals surface area contributed by atoms with Crippen LogP contribution in [0.25, 0.3) is 10.2 Å². The van der Waals surface area contributed by atoms with Gasteiger partial charge in [-0.15, -0.1) is 11.3 Å². The second-order valence-electron chi connectivity index (χ2n) is 7.05. The Kier molecular flexibility index (Phi) is 4.54. The molecule has 0 bridgehead atoms. The van der Waals surface area contributed by atoms with Crippen molar-refractivity contribution >= 4 is 27.5 Å². The molecule has 1 aliphatic rings. The molecule has 0 radical (unpaired) electrons. The molecule has 1 amide bonds. The molecular weight excluding hydrogens is 344 g/mol. The van der Waals surface area contributed by atoms with Gasteiger partial charge >= 0.3 is 0 Å². The molecule has 0 atom stereocenters. The number of nitrogens with two attached hydrogens (primary N) is 1. The first-order valence-electron chi connectivity index (χ1n) is 9.08. The van der Waals surface area contributed by atoms with Crippen LogP contribution in [0.2, 0.25) is 0 Å². The zero-order valence-electron chi connectivity index (χ0n) is 15.2. The van der Waals surface area contributed by atoms with Crippen LogP contribution in [0.3, 0.4) is 0 Å². The lowest BCUT2D eigenvalue weighted by molar-refractivity contribution is 0.0718. The zero-order chi connectivity index (χ0) is 18.3. The van der Waals surface area contributed by atoms with Crippen molar-refractivity contribution in [3.05, 3.63) is 52.0 Å². The number of likely N-dealkylation sites (tertiary alicyclic amines) is 1. The third-order valence-corrected chi connectivity index (χ3v) is 6.54. The van der Waals surface area contributed by atoms with Crippen molar-refractivity contribution in [3.8, 4) is 0 Å². The van der Waals surface area contributed by atoms with Crippen molar-refractivity contribution in [2.24, 2.45) is 12.8 Å². The van der Waals surface area contributed by atoms with Gasteiger partial charge in [-0.2, -0.15) is 5.10 Å².